The number of hydrogen-bond donors (Lipinski definition) is 1. The standard InChI is InChI=1S/C14H15N3/c1-10-8-14(16-9-15-10)17-13-7-6-11-4-2-3-5-12(11)13/h2-5,8-9,13H,6-7H2,1H3,(H,15,16,17). The fourth-order valence-electron chi connectivity index (χ4n) is 2.42. The molecule has 86 valence electrons. The number of aryl methyl sites for hydroxylation is 2. The van der Waals surface area contributed by atoms with Crippen molar-refractivity contribution in [2.45, 2.75) is 25.8 Å². The molecule has 2 aromatic rings. The van der Waals surface area contributed by atoms with Gasteiger partial charge >= 0.3 is 0 Å². The van der Waals surface area contributed by atoms with E-state index in [9.17, 15) is 0 Å². The quantitative estimate of drug-likeness (QED) is 0.854. The van der Waals surface area contributed by atoms with E-state index in [0.29, 0.717) is 6.04 Å². The summed E-state index contributed by atoms with van der Waals surface area (Å²) in [4.78, 5) is 8.36. The Balaban J connectivity index is 1.84. The number of benzene rings is 1. The van der Waals surface area contributed by atoms with Crippen molar-refractivity contribution in [2.24, 2.45) is 0 Å². The van der Waals surface area contributed by atoms with Gasteiger partial charge in [-0.1, -0.05) is 24.3 Å². The van der Waals surface area contributed by atoms with E-state index in [1.807, 2.05) is 13.0 Å². The summed E-state index contributed by atoms with van der Waals surface area (Å²) in [6.07, 6.45) is 3.90. The van der Waals surface area contributed by atoms with Crippen LogP contribution in [0.1, 0.15) is 29.3 Å². The molecule has 0 radical (unpaired) electrons. The highest BCUT2D eigenvalue weighted by atomic mass is 15.0. The van der Waals surface area contributed by atoms with Crippen LogP contribution in [0.4, 0.5) is 5.82 Å². The number of hydrogen-bond acceptors (Lipinski definition) is 3. The third kappa shape index (κ3) is 2.00. The second-order valence-corrected chi connectivity index (χ2v) is 4.48. The molecule has 3 heteroatoms. The Hall–Kier alpha value is -1.90. The molecule has 0 saturated carbocycles. The van der Waals surface area contributed by atoms with E-state index in [1.165, 1.54) is 11.1 Å². The predicted molar refractivity (Wildman–Crippen MR) is 67.9 cm³/mol. The summed E-state index contributed by atoms with van der Waals surface area (Å²) in [7, 11) is 0. The maximum absolute atomic E-state index is 4.25. The fraction of sp³-hybridized carbons (Fsp3) is 0.286. The van der Waals surface area contributed by atoms with Crippen LogP contribution in [0.3, 0.4) is 0 Å². The highest BCUT2D eigenvalue weighted by Gasteiger charge is 2.21. The second-order valence-electron chi connectivity index (χ2n) is 4.48. The van der Waals surface area contributed by atoms with E-state index >= 15 is 0 Å². The van der Waals surface area contributed by atoms with Crippen molar-refractivity contribution in [1.82, 2.24) is 9.97 Å². The summed E-state index contributed by atoms with van der Waals surface area (Å²) >= 11 is 0. The van der Waals surface area contributed by atoms with Crippen LogP contribution in [0.25, 0.3) is 0 Å². The van der Waals surface area contributed by atoms with Crippen molar-refractivity contribution in [3.63, 3.8) is 0 Å². The Morgan fingerprint density at radius 1 is 1.24 bits per heavy atom. The molecule has 0 spiro atoms. The van der Waals surface area contributed by atoms with Gasteiger partial charge in [0.2, 0.25) is 0 Å². The Bertz CT molecular complexity index is 536. The van der Waals surface area contributed by atoms with Crippen molar-refractivity contribution >= 4 is 5.82 Å². The summed E-state index contributed by atoms with van der Waals surface area (Å²) in [6.45, 7) is 1.98. The molecule has 1 aliphatic rings. The van der Waals surface area contributed by atoms with Gasteiger partial charge in [-0.2, -0.15) is 0 Å². The van der Waals surface area contributed by atoms with Gasteiger partial charge in [0.15, 0.2) is 0 Å². The van der Waals surface area contributed by atoms with Crippen molar-refractivity contribution in [1.29, 1.82) is 0 Å². The van der Waals surface area contributed by atoms with E-state index in [0.717, 1.165) is 24.4 Å². The minimum Gasteiger partial charge on any atom is -0.363 e. The molecule has 1 aromatic heterocycles. The van der Waals surface area contributed by atoms with Crippen LogP contribution in [0.15, 0.2) is 36.7 Å². The van der Waals surface area contributed by atoms with Crippen LogP contribution in [0.2, 0.25) is 0 Å². The molecular formula is C14H15N3. The minimum absolute atomic E-state index is 0.389. The minimum atomic E-state index is 0.389. The maximum Gasteiger partial charge on any atom is 0.130 e. The van der Waals surface area contributed by atoms with Crippen LogP contribution in [-0.4, -0.2) is 9.97 Å². The molecule has 3 rings (SSSR count). The van der Waals surface area contributed by atoms with Crippen molar-refractivity contribution in [3.8, 4) is 0 Å². The number of nitrogens with one attached hydrogen (secondary N) is 1. The summed E-state index contributed by atoms with van der Waals surface area (Å²) in [5.74, 6) is 0.916. The molecular weight excluding hydrogens is 210 g/mol. The van der Waals surface area contributed by atoms with Gasteiger partial charge in [-0.15, -0.1) is 0 Å². The smallest absolute Gasteiger partial charge is 0.130 e. The highest BCUT2D eigenvalue weighted by Crippen LogP contribution is 2.32. The average molecular weight is 225 g/mol. The topological polar surface area (TPSA) is 37.8 Å². The summed E-state index contributed by atoms with van der Waals surface area (Å²) in [6, 6.07) is 11.0. The van der Waals surface area contributed by atoms with E-state index < -0.39 is 0 Å². The Morgan fingerprint density at radius 3 is 3.00 bits per heavy atom. The zero-order valence-corrected chi connectivity index (χ0v) is 9.85. The van der Waals surface area contributed by atoms with Gasteiger partial charge in [-0.25, -0.2) is 9.97 Å². The summed E-state index contributed by atoms with van der Waals surface area (Å²) in [5, 5.41) is 3.49. The van der Waals surface area contributed by atoms with E-state index in [4.69, 9.17) is 0 Å². The van der Waals surface area contributed by atoms with Gasteiger partial charge in [0.05, 0.1) is 6.04 Å². The number of nitrogens with zero attached hydrogens (tertiary/aromatic N) is 2. The lowest BCUT2D eigenvalue weighted by molar-refractivity contribution is 0.756. The highest BCUT2D eigenvalue weighted by molar-refractivity contribution is 5.43. The molecule has 1 heterocycles. The van der Waals surface area contributed by atoms with Gasteiger partial charge in [0, 0.05) is 11.8 Å². The number of aromatic nitrogens is 2. The first-order chi connectivity index (χ1) is 8.33. The molecule has 0 bridgehead atoms. The van der Waals surface area contributed by atoms with Crippen molar-refractivity contribution in [3.05, 3.63) is 53.5 Å². The van der Waals surface area contributed by atoms with Crippen LogP contribution >= 0.6 is 0 Å². The molecule has 0 saturated heterocycles. The Morgan fingerprint density at radius 2 is 2.12 bits per heavy atom. The van der Waals surface area contributed by atoms with E-state index in [1.54, 1.807) is 6.33 Å². The molecule has 1 unspecified atom stereocenters. The van der Waals surface area contributed by atoms with Gasteiger partial charge in [0.1, 0.15) is 12.1 Å². The Kier molecular flexibility index (Phi) is 2.52. The third-order valence-electron chi connectivity index (χ3n) is 3.26. The van der Waals surface area contributed by atoms with Gasteiger partial charge in [-0.05, 0) is 30.9 Å². The molecule has 1 N–H and O–H groups in total. The first-order valence-corrected chi connectivity index (χ1v) is 5.96. The molecule has 0 amide bonds. The number of rotatable bonds is 2. The Labute approximate surface area is 101 Å². The molecule has 0 fully saturated rings. The zero-order chi connectivity index (χ0) is 11.7. The third-order valence-corrected chi connectivity index (χ3v) is 3.26. The van der Waals surface area contributed by atoms with Crippen LogP contribution < -0.4 is 5.32 Å². The van der Waals surface area contributed by atoms with Crippen LogP contribution in [0.5, 0.6) is 0 Å². The predicted octanol–water partition coefficient (Wildman–Crippen LogP) is 2.88. The molecule has 1 aliphatic carbocycles. The number of anilines is 1. The fourth-order valence-corrected chi connectivity index (χ4v) is 2.42. The van der Waals surface area contributed by atoms with E-state index in [2.05, 4.69) is 39.6 Å². The van der Waals surface area contributed by atoms with Gasteiger partial charge in [-0.3, -0.25) is 0 Å². The van der Waals surface area contributed by atoms with Gasteiger partial charge in [0.25, 0.3) is 0 Å². The monoisotopic (exact) mass is 225 g/mol. The van der Waals surface area contributed by atoms with Crippen LogP contribution in [-0.2, 0) is 6.42 Å². The first kappa shape index (κ1) is 10.3. The lowest BCUT2D eigenvalue weighted by atomic mass is 10.1. The van der Waals surface area contributed by atoms with Gasteiger partial charge < -0.3 is 5.32 Å². The zero-order valence-electron chi connectivity index (χ0n) is 9.85. The largest absolute Gasteiger partial charge is 0.363 e. The molecule has 17 heavy (non-hydrogen) atoms. The molecule has 1 aromatic carbocycles. The second kappa shape index (κ2) is 4.17. The first-order valence-electron chi connectivity index (χ1n) is 5.96. The SMILES string of the molecule is Cc1cc(NC2CCc3ccccc32)ncn1. The normalized spacial score (nSPS) is 17.8. The van der Waals surface area contributed by atoms with E-state index in [-0.39, 0.29) is 0 Å². The van der Waals surface area contributed by atoms with Crippen molar-refractivity contribution in [2.75, 3.05) is 5.32 Å². The lowest BCUT2D eigenvalue weighted by Gasteiger charge is -2.14. The molecule has 3 nitrogen and oxygen atoms in total. The molecule has 1 atom stereocenters. The maximum atomic E-state index is 4.25. The number of fused-ring (bicyclic) bond motifs is 1. The lowest BCUT2D eigenvalue weighted by Crippen LogP contribution is -2.08. The average Bonchev–Trinajstić information content (AvgIpc) is 2.73. The summed E-state index contributed by atoms with van der Waals surface area (Å²) < 4.78 is 0. The molecule has 0 aliphatic heterocycles. The van der Waals surface area contributed by atoms with Crippen molar-refractivity contribution < 1.29 is 0 Å². The summed E-state index contributed by atoms with van der Waals surface area (Å²) in [5.41, 5.74) is 3.85. The van der Waals surface area contributed by atoms with Crippen LogP contribution in [0, 0.1) is 6.92 Å².